The standard InChI is InChI=1S/C15H25N/c1-6-9-13(8-3)14(10-12-16)15(4,5)11-7-2/h1,7,9,11,14H,8,10,12,16H2,2-5H3/b11-7?,13-9-. The van der Waals surface area contributed by atoms with Crippen LogP contribution in [-0.4, -0.2) is 6.54 Å². The molecule has 1 atom stereocenters. The van der Waals surface area contributed by atoms with Crippen LogP contribution in [0.3, 0.4) is 0 Å². The van der Waals surface area contributed by atoms with Gasteiger partial charge in [-0.2, -0.15) is 0 Å². The zero-order valence-corrected chi connectivity index (χ0v) is 11.1. The molecular formula is C15H25N. The third-order valence-electron chi connectivity index (χ3n) is 3.07. The summed E-state index contributed by atoms with van der Waals surface area (Å²) in [6.45, 7) is 9.39. The summed E-state index contributed by atoms with van der Waals surface area (Å²) in [4.78, 5) is 0. The minimum atomic E-state index is 0.118. The van der Waals surface area contributed by atoms with Crippen molar-refractivity contribution in [3.8, 4) is 12.3 Å². The maximum atomic E-state index is 5.71. The summed E-state index contributed by atoms with van der Waals surface area (Å²) in [6, 6.07) is 0. The zero-order chi connectivity index (χ0) is 12.6. The fraction of sp³-hybridized carbons (Fsp3) is 0.600. The van der Waals surface area contributed by atoms with Crippen molar-refractivity contribution in [2.75, 3.05) is 6.54 Å². The van der Waals surface area contributed by atoms with Crippen molar-refractivity contribution >= 4 is 0 Å². The Kier molecular flexibility index (Phi) is 6.85. The van der Waals surface area contributed by atoms with Crippen LogP contribution >= 0.6 is 0 Å². The third kappa shape index (κ3) is 4.24. The van der Waals surface area contributed by atoms with Crippen molar-refractivity contribution in [3.05, 3.63) is 23.8 Å². The molecule has 0 spiro atoms. The van der Waals surface area contributed by atoms with E-state index in [1.54, 1.807) is 0 Å². The fourth-order valence-corrected chi connectivity index (χ4v) is 2.30. The third-order valence-corrected chi connectivity index (χ3v) is 3.07. The summed E-state index contributed by atoms with van der Waals surface area (Å²) in [7, 11) is 0. The Morgan fingerprint density at radius 2 is 2.12 bits per heavy atom. The van der Waals surface area contributed by atoms with Crippen molar-refractivity contribution in [1.82, 2.24) is 0 Å². The molecule has 0 radical (unpaired) electrons. The molecule has 0 heterocycles. The molecule has 90 valence electrons. The van der Waals surface area contributed by atoms with Gasteiger partial charge in [-0.05, 0) is 43.7 Å². The fourth-order valence-electron chi connectivity index (χ4n) is 2.30. The molecule has 0 fully saturated rings. The van der Waals surface area contributed by atoms with Crippen LogP contribution in [0.25, 0.3) is 0 Å². The van der Waals surface area contributed by atoms with E-state index in [0.29, 0.717) is 12.5 Å². The highest BCUT2D eigenvalue weighted by molar-refractivity contribution is 5.23. The van der Waals surface area contributed by atoms with E-state index < -0.39 is 0 Å². The first-order valence-corrected chi connectivity index (χ1v) is 6.02. The Bertz CT molecular complexity index is 289. The second kappa shape index (κ2) is 7.30. The van der Waals surface area contributed by atoms with E-state index in [1.807, 2.05) is 6.08 Å². The molecule has 0 aliphatic carbocycles. The molecule has 0 amide bonds. The van der Waals surface area contributed by atoms with Gasteiger partial charge < -0.3 is 5.73 Å². The summed E-state index contributed by atoms with van der Waals surface area (Å²) in [5.74, 6) is 3.08. The van der Waals surface area contributed by atoms with Crippen LogP contribution in [-0.2, 0) is 0 Å². The molecule has 0 saturated carbocycles. The molecule has 0 aromatic carbocycles. The average molecular weight is 219 g/mol. The van der Waals surface area contributed by atoms with Crippen LogP contribution in [0.4, 0.5) is 0 Å². The molecular weight excluding hydrogens is 194 g/mol. The van der Waals surface area contributed by atoms with E-state index in [4.69, 9.17) is 12.2 Å². The van der Waals surface area contributed by atoms with Crippen LogP contribution in [0.15, 0.2) is 23.8 Å². The zero-order valence-electron chi connectivity index (χ0n) is 11.1. The Hall–Kier alpha value is -1.00. The van der Waals surface area contributed by atoms with Gasteiger partial charge in [0, 0.05) is 0 Å². The Balaban J connectivity index is 5.13. The van der Waals surface area contributed by atoms with Gasteiger partial charge in [-0.15, -0.1) is 6.42 Å². The maximum absolute atomic E-state index is 5.71. The van der Waals surface area contributed by atoms with Crippen LogP contribution in [0, 0.1) is 23.7 Å². The molecule has 1 unspecified atom stereocenters. The molecule has 0 aliphatic rings. The van der Waals surface area contributed by atoms with E-state index in [0.717, 1.165) is 12.8 Å². The molecule has 0 aromatic rings. The van der Waals surface area contributed by atoms with Crippen molar-refractivity contribution < 1.29 is 0 Å². The Morgan fingerprint density at radius 3 is 2.50 bits per heavy atom. The van der Waals surface area contributed by atoms with Gasteiger partial charge in [0.2, 0.25) is 0 Å². The molecule has 1 nitrogen and oxygen atoms in total. The lowest BCUT2D eigenvalue weighted by atomic mass is 9.72. The number of hydrogen-bond donors (Lipinski definition) is 1. The molecule has 1 heteroatoms. The largest absolute Gasteiger partial charge is 0.330 e. The molecule has 0 aromatic heterocycles. The quantitative estimate of drug-likeness (QED) is 0.537. The van der Waals surface area contributed by atoms with Crippen molar-refractivity contribution in [2.45, 2.75) is 40.5 Å². The lowest BCUT2D eigenvalue weighted by molar-refractivity contribution is 0.307. The number of nitrogens with two attached hydrogens (primary N) is 1. The van der Waals surface area contributed by atoms with Gasteiger partial charge in [0.05, 0.1) is 0 Å². The Morgan fingerprint density at radius 1 is 1.50 bits per heavy atom. The SMILES string of the molecule is C#C/C=C(/CC)C(CCN)C(C)(C)C=CC. The number of allylic oxidation sites excluding steroid dienone is 4. The second-order valence-corrected chi connectivity index (χ2v) is 4.69. The van der Waals surface area contributed by atoms with Gasteiger partial charge in [-0.1, -0.05) is 44.4 Å². The van der Waals surface area contributed by atoms with Crippen molar-refractivity contribution in [1.29, 1.82) is 0 Å². The van der Waals surface area contributed by atoms with Gasteiger partial charge in [0.25, 0.3) is 0 Å². The van der Waals surface area contributed by atoms with E-state index in [2.05, 4.69) is 45.8 Å². The molecule has 0 saturated heterocycles. The van der Waals surface area contributed by atoms with Gasteiger partial charge >= 0.3 is 0 Å². The smallest absolute Gasteiger partial charge is 0.00712 e. The van der Waals surface area contributed by atoms with Crippen LogP contribution < -0.4 is 5.73 Å². The summed E-state index contributed by atoms with van der Waals surface area (Å²) < 4.78 is 0. The minimum Gasteiger partial charge on any atom is -0.330 e. The van der Waals surface area contributed by atoms with E-state index in [-0.39, 0.29) is 5.41 Å². The van der Waals surface area contributed by atoms with Gasteiger partial charge in [-0.25, -0.2) is 0 Å². The van der Waals surface area contributed by atoms with Gasteiger partial charge in [0.1, 0.15) is 0 Å². The van der Waals surface area contributed by atoms with Gasteiger partial charge in [0.15, 0.2) is 0 Å². The molecule has 16 heavy (non-hydrogen) atoms. The molecule has 2 N–H and O–H groups in total. The number of terminal acetylenes is 1. The second-order valence-electron chi connectivity index (χ2n) is 4.69. The van der Waals surface area contributed by atoms with Crippen LogP contribution in [0.1, 0.15) is 40.5 Å². The minimum absolute atomic E-state index is 0.118. The summed E-state index contributed by atoms with van der Waals surface area (Å²) in [6.07, 6.45) is 13.6. The molecule has 0 rings (SSSR count). The first-order chi connectivity index (χ1) is 7.53. The number of hydrogen-bond acceptors (Lipinski definition) is 1. The van der Waals surface area contributed by atoms with Crippen LogP contribution in [0.2, 0.25) is 0 Å². The highest BCUT2D eigenvalue weighted by Crippen LogP contribution is 2.37. The van der Waals surface area contributed by atoms with Crippen molar-refractivity contribution in [3.63, 3.8) is 0 Å². The molecule has 0 bridgehead atoms. The van der Waals surface area contributed by atoms with Gasteiger partial charge in [-0.3, -0.25) is 0 Å². The summed E-state index contributed by atoms with van der Waals surface area (Å²) in [5.41, 5.74) is 7.16. The maximum Gasteiger partial charge on any atom is -0.00712 e. The summed E-state index contributed by atoms with van der Waals surface area (Å²) in [5, 5.41) is 0. The van der Waals surface area contributed by atoms with E-state index >= 15 is 0 Å². The van der Waals surface area contributed by atoms with E-state index in [1.165, 1.54) is 5.57 Å². The normalized spacial score (nSPS) is 15.1. The summed E-state index contributed by atoms with van der Waals surface area (Å²) >= 11 is 0. The predicted molar refractivity (Wildman–Crippen MR) is 73.0 cm³/mol. The van der Waals surface area contributed by atoms with E-state index in [9.17, 15) is 0 Å². The lowest BCUT2D eigenvalue weighted by Crippen LogP contribution is -2.26. The monoisotopic (exact) mass is 219 g/mol. The first-order valence-electron chi connectivity index (χ1n) is 6.02. The highest BCUT2D eigenvalue weighted by atomic mass is 14.5. The first kappa shape index (κ1) is 15.0. The predicted octanol–water partition coefficient (Wildman–Crippen LogP) is 3.52. The highest BCUT2D eigenvalue weighted by Gasteiger charge is 2.28. The lowest BCUT2D eigenvalue weighted by Gasteiger charge is -2.33. The Labute approximate surface area is 101 Å². The number of rotatable bonds is 6. The van der Waals surface area contributed by atoms with Crippen molar-refractivity contribution in [2.24, 2.45) is 17.1 Å². The molecule has 0 aliphatic heterocycles. The average Bonchev–Trinajstić information content (AvgIpc) is 2.23. The van der Waals surface area contributed by atoms with Crippen LogP contribution in [0.5, 0.6) is 0 Å². The topological polar surface area (TPSA) is 26.0 Å².